The average Bonchev–Trinajstić information content (AvgIpc) is 3.52. The average molecular weight is 478 g/mol. The van der Waals surface area contributed by atoms with E-state index in [-0.39, 0.29) is 11.7 Å². The lowest BCUT2D eigenvalue weighted by Crippen LogP contribution is -2.09. The van der Waals surface area contributed by atoms with Crippen LogP contribution in [-0.4, -0.2) is 41.0 Å². The molecule has 1 amide bonds. The summed E-state index contributed by atoms with van der Waals surface area (Å²) in [6.07, 6.45) is 6.94. The summed E-state index contributed by atoms with van der Waals surface area (Å²) in [6, 6.07) is 12.0. The Bertz CT molecular complexity index is 1760. The molecule has 9 nitrogen and oxygen atoms in total. The summed E-state index contributed by atoms with van der Waals surface area (Å²) in [5, 5.41) is 11.0. The largest absolute Gasteiger partial charge is 0.335 e. The van der Waals surface area contributed by atoms with Crippen molar-refractivity contribution in [2.24, 2.45) is 0 Å². The van der Waals surface area contributed by atoms with E-state index in [2.05, 4.69) is 40.4 Å². The highest BCUT2D eigenvalue weighted by molar-refractivity contribution is 5.97. The number of benzene rings is 1. The number of nitrogens with zero attached hydrogens (tertiary/aromatic N) is 5. The summed E-state index contributed by atoms with van der Waals surface area (Å²) in [5.41, 5.74) is 5.49. The predicted octanol–water partition coefficient (Wildman–Crippen LogP) is 5.11. The third kappa shape index (κ3) is 3.74. The molecular formula is C26H19FN8O. The van der Waals surface area contributed by atoms with E-state index in [1.165, 1.54) is 6.07 Å². The van der Waals surface area contributed by atoms with Crippen LogP contribution in [0.2, 0.25) is 0 Å². The van der Waals surface area contributed by atoms with Crippen molar-refractivity contribution in [3.63, 3.8) is 0 Å². The number of pyridine rings is 3. The minimum atomic E-state index is -0.326. The molecule has 0 spiro atoms. The van der Waals surface area contributed by atoms with Gasteiger partial charge < -0.3 is 10.3 Å². The van der Waals surface area contributed by atoms with Crippen LogP contribution < -0.4 is 5.32 Å². The molecule has 6 aromatic rings. The zero-order valence-corrected chi connectivity index (χ0v) is 19.1. The van der Waals surface area contributed by atoms with Crippen LogP contribution in [-0.2, 0) is 4.79 Å². The van der Waals surface area contributed by atoms with E-state index in [0.29, 0.717) is 51.6 Å². The first-order valence-electron chi connectivity index (χ1n) is 11.3. The van der Waals surface area contributed by atoms with Gasteiger partial charge in [-0.25, -0.2) is 14.4 Å². The van der Waals surface area contributed by atoms with E-state index in [9.17, 15) is 9.18 Å². The van der Waals surface area contributed by atoms with E-state index in [0.717, 1.165) is 16.5 Å². The van der Waals surface area contributed by atoms with Crippen molar-refractivity contribution in [3.05, 3.63) is 73.1 Å². The van der Waals surface area contributed by atoms with Crippen molar-refractivity contribution in [2.75, 3.05) is 5.32 Å². The highest BCUT2D eigenvalue weighted by atomic mass is 19.1. The fourth-order valence-electron chi connectivity index (χ4n) is 4.08. The first kappa shape index (κ1) is 21.5. The van der Waals surface area contributed by atoms with Crippen LogP contribution in [0.3, 0.4) is 0 Å². The number of H-pyrrole nitrogens is 2. The number of nitrogens with one attached hydrogen (secondary N) is 3. The van der Waals surface area contributed by atoms with Gasteiger partial charge in [-0.3, -0.25) is 19.9 Å². The molecule has 176 valence electrons. The van der Waals surface area contributed by atoms with Crippen LogP contribution in [0, 0.1) is 5.82 Å². The summed E-state index contributed by atoms with van der Waals surface area (Å²) in [5.74, 6) is 0.0718. The Balaban J connectivity index is 1.44. The number of carbonyl (C=O) groups is 1. The second kappa shape index (κ2) is 8.66. The lowest BCUT2D eigenvalue weighted by Gasteiger charge is -2.06. The van der Waals surface area contributed by atoms with Crippen molar-refractivity contribution in [3.8, 4) is 33.9 Å². The van der Waals surface area contributed by atoms with Crippen LogP contribution in [0.4, 0.5) is 10.1 Å². The topological polar surface area (TPSA) is 125 Å². The smallest absolute Gasteiger partial charge is 0.224 e. The summed E-state index contributed by atoms with van der Waals surface area (Å²) >= 11 is 0. The highest BCUT2D eigenvalue weighted by Crippen LogP contribution is 2.32. The molecule has 3 N–H and O–H groups in total. The van der Waals surface area contributed by atoms with Crippen molar-refractivity contribution in [1.82, 2.24) is 35.1 Å². The first-order valence-corrected chi connectivity index (χ1v) is 11.3. The third-order valence-corrected chi connectivity index (χ3v) is 5.87. The Labute approximate surface area is 203 Å². The number of rotatable bonds is 5. The molecule has 1 aromatic carbocycles. The van der Waals surface area contributed by atoms with E-state index in [1.807, 2.05) is 12.1 Å². The van der Waals surface area contributed by atoms with Gasteiger partial charge >= 0.3 is 0 Å². The molecule has 5 aromatic heterocycles. The standard InChI is InChI=1S/C26H19FN8O/c1-2-22(36)31-15-9-14(11-28-12-15)20-10-18-21(13-30-20)34-35-24(18)26-32-23-17(7-8-29-25(23)33-26)16-5-3-4-6-19(16)27/h3-13H,2H2,1H3,(H,31,36)(H,34,35)(H,29,32,33). The molecule has 0 atom stereocenters. The number of aromatic amines is 2. The van der Waals surface area contributed by atoms with Crippen molar-refractivity contribution in [2.45, 2.75) is 13.3 Å². The summed E-state index contributed by atoms with van der Waals surface area (Å²) in [6.45, 7) is 1.79. The van der Waals surface area contributed by atoms with Gasteiger partial charge in [-0.15, -0.1) is 0 Å². The number of hydrogen-bond donors (Lipinski definition) is 3. The number of imidazole rings is 1. The number of aromatic nitrogens is 7. The number of fused-ring (bicyclic) bond motifs is 2. The molecule has 0 bridgehead atoms. The number of amides is 1. The van der Waals surface area contributed by atoms with Gasteiger partial charge in [0.2, 0.25) is 5.91 Å². The number of carbonyl (C=O) groups excluding carboxylic acids is 1. The Morgan fingerprint density at radius 3 is 2.81 bits per heavy atom. The second-order valence-electron chi connectivity index (χ2n) is 8.17. The van der Waals surface area contributed by atoms with Gasteiger partial charge in [-0.2, -0.15) is 5.10 Å². The second-order valence-corrected chi connectivity index (χ2v) is 8.17. The monoisotopic (exact) mass is 478 g/mol. The SMILES string of the molecule is CCC(=O)Nc1cncc(-c2cc3c(-c4nc5nccc(-c6ccccc6F)c5[nH]4)n[nH]c3cn2)c1. The summed E-state index contributed by atoms with van der Waals surface area (Å²) in [4.78, 5) is 32.8. The lowest BCUT2D eigenvalue weighted by molar-refractivity contribution is -0.115. The quantitative estimate of drug-likeness (QED) is 0.316. The molecule has 0 fully saturated rings. The minimum absolute atomic E-state index is 0.0947. The Kier molecular flexibility index (Phi) is 5.18. The van der Waals surface area contributed by atoms with Gasteiger partial charge in [0.05, 0.1) is 34.8 Å². The van der Waals surface area contributed by atoms with Gasteiger partial charge in [-0.05, 0) is 24.3 Å². The normalized spacial score (nSPS) is 11.3. The predicted molar refractivity (Wildman–Crippen MR) is 134 cm³/mol. The Morgan fingerprint density at radius 1 is 1.06 bits per heavy atom. The first-order chi connectivity index (χ1) is 17.6. The van der Waals surface area contributed by atoms with Crippen molar-refractivity contribution in [1.29, 1.82) is 0 Å². The molecule has 36 heavy (non-hydrogen) atoms. The summed E-state index contributed by atoms with van der Waals surface area (Å²) < 4.78 is 14.5. The van der Waals surface area contributed by atoms with Gasteiger partial charge in [0.25, 0.3) is 0 Å². The molecule has 0 radical (unpaired) electrons. The zero-order chi connectivity index (χ0) is 24.6. The van der Waals surface area contributed by atoms with Gasteiger partial charge in [-0.1, -0.05) is 25.1 Å². The molecule has 0 aliphatic carbocycles. The third-order valence-electron chi connectivity index (χ3n) is 5.87. The van der Waals surface area contributed by atoms with Crippen LogP contribution in [0.1, 0.15) is 13.3 Å². The maximum Gasteiger partial charge on any atom is 0.224 e. The zero-order valence-electron chi connectivity index (χ0n) is 19.1. The minimum Gasteiger partial charge on any atom is -0.335 e. The van der Waals surface area contributed by atoms with Crippen molar-refractivity contribution < 1.29 is 9.18 Å². The number of anilines is 1. The summed E-state index contributed by atoms with van der Waals surface area (Å²) in [7, 11) is 0. The number of hydrogen-bond acceptors (Lipinski definition) is 6. The maximum absolute atomic E-state index is 14.5. The van der Waals surface area contributed by atoms with E-state index >= 15 is 0 Å². The fourth-order valence-corrected chi connectivity index (χ4v) is 4.08. The molecule has 5 heterocycles. The Hall–Kier alpha value is -4.99. The fraction of sp³-hybridized carbons (Fsp3) is 0.0769. The molecule has 0 aliphatic rings. The van der Waals surface area contributed by atoms with Crippen LogP contribution in [0.25, 0.3) is 56.0 Å². The van der Waals surface area contributed by atoms with Crippen molar-refractivity contribution >= 4 is 33.7 Å². The van der Waals surface area contributed by atoms with E-state index < -0.39 is 0 Å². The van der Waals surface area contributed by atoms with Gasteiger partial charge in [0.15, 0.2) is 11.5 Å². The van der Waals surface area contributed by atoms with Crippen LogP contribution in [0.15, 0.2) is 67.3 Å². The highest BCUT2D eigenvalue weighted by Gasteiger charge is 2.18. The number of halogens is 1. The van der Waals surface area contributed by atoms with Gasteiger partial charge in [0, 0.05) is 40.9 Å². The maximum atomic E-state index is 14.5. The lowest BCUT2D eigenvalue weighted by atomic mass is 10.1. The Morgan fingerprint density at radius 2 is 1.94 bits per heavy atom. The molecule has 0 saturated heterocycles. The molecule has 0 unspecified atom stereocenters. The van der Waals surface area contributed by atoms with E-state index in [4.69, 9.17) is 0 Å². The molecule has 0 saturated carbocycles. The van der Waals surface area contributed by atoms with Crippen LogP contribution >= 0.6 is 0 Å². The van der Waals surface area contributed by atoms with E-state index in [1.54, 1.807) is 56.0 Å². The molecular weight excluding hydrogens is 459 g/mol. The van der Waals surface area contributed by atoms with Crippen LogP contribution in [0.5, 0.6) is 0 Å². The van der Waals surface area contributed by atoms with Gasteiger partial charge in [0.1, 0.15) is 11.5 Å². The molecule has 10 heteroatoms. The molecule has 6 rings (SSSR count). The molecule has 0 aliphatic heterocycles.